The Kier molecular flexibility index (Phi) is 4.89. The highest BCUT2D eigenvalue weighted by Gasteiger charge is 2.19. The van der Waals surface area contributed by atoms with Gasteiger partial charge in [0.1, 0.15) is 11.5 Å². The van der Waals surface area contributed by atoms with Crippen molar-refractivity contribution in [2.75, 3.05) is 27.3 Å². The third-order valence-electron chi connectivity index (χ3n) is 3.56. The van der Waals surface area contributed by atoms with E-state index in [1.54, 1.807) is 14.2 Å². The van der Waals surface area contributed by atoms with Gasteiger partial charge in [-0.25, -0.2) is 0 Å². The lowest BCUT2D eigenvalue weighted by molar-refractivity contribution is 0.357. The number of halogens is 1. The lowest BCUT2D eigenvalue weighted by atomic mass is 9.90. The van der Waals surface area contributed by atoms with Crippen molar-refractivity contribution in [3.05, 3.63) is 22.2 Å². The van der Waals surface area contributed by atoms with Gasteiger partial charge in [0, 0.05) is 5.56 Å². The average molecular weight is 314 g/mol. The summed E-state index contributed by atoms with van der Waals surface area (Å²) in [6.45, 7) is 2.24. The van der Waals surface area contributed by atoms with Crippen LogP contribution in [0.3, 0.4) is 0 Å². The summed E-state index contributed by atoms with van der Waals surface area (Å²) in [4.78, 5) is 0. The summed E-state index contributed by atoms with van der Waals surface area (Å²) in [5.74, 6) is 2.55. The molecule has 0 spiro atoms. The molecule has 1 fully saturated rings. The molecule has 0 atom stereocenters. The van der Waals surface area contributed by atoms with Gasteiger partial charge in [-0.1, -0.05) is 0 Å². The van der Waals surface area contributed by atoms with Crippen LogP contribution in [0.1, 0.15) is 18.4 Å². The van der Waals surface area contributed by atoms with Crippen molar-refractivity contribution in [2.45, 2.75) is 19.3 Å². The monoisotopic (exact) mass is 313 g/mol. The van der Waals surface area contributed by atoms with E-state index in [-0.39, 0.29) is 0 Å². The Balaban J connectivity index is 2.23. The third kappa shape index (κ3) is 2.98. The van der Waals surface area contributed by atoms with Crippen molar-refractivity contribution < 1.29 is 9.47 Å². The first-order valence-corrected chi connectivity index (χ1v) is 7.15. The first kappa shape index (κ1) is 13.7. The van der Waals surface area contributed by atoms with E-state index in [9.17, 15) is 0 Å². The minimum atomic E-state index is 0.726. The Morgan fingerprint density at radius 1 is 1.17 bits per heavy atom. The van der Waals surface area contributed by atoms with Gasteiger partial charge in [0.25, 0.3) is 0 Å². The second-order valence-corrected chi connectivity index (χ2v) is 5.45. The molecule has 0 unspecified atom stereocenters. The van der Waals surface area contributed by atoms with Crippen LogP contribution < -0.4 is 14.8 Å². The number of hydrogen-bond donors (Lipinski definition) is 1. The predicted molar refractivity (Wildman–Crippen MR) is 76.5 cm³/mol. The summed E-state index contributed by atoms with van der Waals surface area (Å²) < 4.78 is 11.9. The third-order valence-corrected chi connectivity index (χ3v) is 4.43. The van der Waals surface area contributed by atoms with Gasteiger partial charge in [-0.15, -0.1) is 0 Å². The molecule has 1 saturated heterocycles. The van der Waals surface area contributed by atoms with E-state index in [1.165, 1.54) is 18.4 Å². The number of rotatable bonds is 4. The molecule has 1 aromatic carbocycles. The van der Waals surface area contributed by atoms with E-state index < -0.39 is 0 Å². The summed E-state index contributed by atoms with van der Waals surface area (Å²) in [5.41, 5.74) is 1.23. The van der Waals surface area contributed by atoms with Gasteiger partial charge < -0.3 is 14.8 Å². The smallest absolute Gasteiger partial charge is 0.133 e. The van der Waals surface area contributed by atoms with Crippen molar-refractivity contribution in [1.29, 1.82) is 0 Å². The molecule has 2 rings (SSSR count). The molecule has 1 aromatic rings. The minimum Gasteiger partial charge on any atom is -0.496 e. The molecule has 0 amide bonds. The standard InChI is InChI=1S/C14H20BrNO2/c1-17-12-3-4-13(18-2)14(15)11(12)9-10-5-7-16-8-6-10/h3-4,10,16H,5-9H2,1-2H3. The number of benzene rings is 1. The average Bonchev–Trinajstić information content (AvgIpc) is 2.42. The van der Waals surface area contributed by atoms with Crippen LogP contribution >= 0.6 is 15.9 Å². The van der Waals surface area contributed by atoms with Crippen LogP contribution in [-0.2, 0) is 6.42 Å². The molecule has 100 valence electrons. The molecule has 18 heavy (non-hydrogen) atoms. The quantitative estimate of drug-likeness (QED) is 0.927. The van der Waals surface area contributed by atoms with Crippen molar-refractivity contribution in [2.24, 2.45) is 5.92 Å². The fourth-order valence-corrected chi connectivity index (χ4v) is 3.15. The van der Waals surface area contributed by atoms with Crippen molar-refractivity contribution in [3.63, 3.8) is 0 Å². The van der Waals surface area contributed by atoms with Gasteiger partial charge in [-0.3, -0.25) is 0 Å². The van der Waals surface area contributed by atoms with Crippen molar-refractivity contribution in [1.82, 2.24) is 5.32 Å². The van der Waals surface area contributed by atoms with E-state index in [2.05, 4.69) is 21.2 Å². The maximum Gasteiger partial charge on any atom is 0.133 e. The van der Waals surface area contributed by atoms with Crippen molar-refractivity contribution in [3.8, 4) is 11.5 Å². The summed E-state index contributed by atoms with van der Waals surface area (Å²) in [6.07, 6.45) is 3.50. The molecule has 0 aromatic heterocycles. The highest BCUT2D eigenvalue weighted by molar-refractivity contribution is 9.10. The zero-order chi connectivity index (χ0) is 13.0. The summed E-state index contributed by atoms with van der Waals surface area (Å²) in [6, 6.07) is 3.93. The number of piperidine rings is 1. The number of hydrogen-bond acceptors (Lipinski definition) is 3. The molecule has 1 aliphatic heterocycles. The van der Waals surface area contributed by atoms with Crippen LogP contribution in [0, 0.1) is 5.92 Å². The van der Waals surface area contributed by atoms with E-state index in [4.69, 9.17) is 9.47 Å². The van der Waals surface area contributed by atoms with Gasteiger partial charge >= 0.3 is 0 Å². The molecule has 0 radical (unpaired) electrons. The number of methoxy groups -OCH3 is 2. The Morgan fingerprint density at radius 2 is 1.78 bits per heavy atom. The van der Waals surface area contributed by atoms with Crippen LogP contribution in [0.15, 0.2) is 16.6 Å². The van der Waals surface area contributed by atoms with Gasteiger partial charge in [0.2, 0.25) is 0 Å². The van der Waals surface area contributed by atoms with Crippen molar-refractivity contribution >= 4 is 15.9 Å². The molecule has 1 heterocycles. The predicted octanol–water partition coefficient (Wildman–Crippen LogP) is 3.01. The fraction of sp³-hybridized carbons (Fsp3) is 0.571. The summed E-state index contributed by atoms with van der Waals surface area (Å²) >= 11 is 3.64. The molecule has 1 aliphatic rings. The van der Waals surface area contributed by atoms with Gasteiger partial charge in [-0.2, -0.15) is 0 Å². The summed E-state index contributed by atoms with van der Waals surface area (Å²) in [5, 5.41) is 3.40. The topological polar surface area (TPSA) is 30.5 Å². The van der Waals surface area contributed by atoms with Crippen LogP contribution in [0.2, 0.25) is 0 Å². The summed E-state index contributed by atoms with van der Waals surface area (Å²) in [7, 11) is 3.42. The normalized spacial score (nSPS) is 16.6. The SMILES string of the molecule is COc1ccc(OC)c(CC2CCNCC2)c1Br. The highest BCUT2D eigenvalue weighted by Crippen LogP contribution is 2.37. The Bertz CT molecular complexity index is 403. The highest BCUT2D eigenvalue weighted by atomic mass is 79.9. The Labute approximate surface area is 117 Å². The van der Waals surface area contributed by atoms with Crippen LogP contribution in [0.4, 0.5) is 0 Å². The molecular weight excluding hydrogens is 294 g/mol. The van der Waals surface area contributed by atoms with E-state index in [1.807, 2.05) is 12.1 Å². The zero-order valence-corrected chi connectivity index (χ0v) is 12.5. The lowest BCUT2D eigenvalue weighted by Crippen LogP contribution is -2.28. The van der Waals surface area contributed by atoms with Gasteiger partial charge in [-0.05, 0) is 66.3 Å². The molecule has 3 nitrogen and oxygen atoms in total. The maximum atomic E-state index is 5.47. The number of ether oxygens (including phenoxy) is 2. The fourth-order valence-electron chi connectivity index (χ4n) is 2.50. The maximum absolute atomic E-state index is 5.47. The Hall–Kier alpha value is -0.740. The first-order valence-electron chi connectivity index (χ1n) is 6.36. The largest absolute Gasteiger partial charge is 0.496 e. The Morgan fingerprint density at radius 3 is 2.39 bits per heavy atom. The van der Waals surface area contributed by atoms with Gasteiger partial charge in [0.05, 0.1) is 18.7 Å². The first-order chi connectivity index (χ1) is 8.76. The zero-order valence-electron chi connectivity index (χ0n) is 11.0. The van der Waals surface area contributed by atoms with E-state index >= 15 is 0 Å². The minimum absolute atomic E-state index is 0.726. The van der Waals surface area contributed by atoms with Crippen LogP contribution in [0.25, 0.3) is 0 Å². The second kappa shape index (κ2) is 6.43. The number of nitrogens with one attached hydrogen (secondary N) is 1. The van der Waals surface area contributed by atoms with E-state index in [0.717, 1.165) is 41.4 Å². The van der Waals surface area contributed by atoms with Crippen LogP contribution in [0.5, 0.6) is 11.5 Å². The second-order valence-electron chi connectivity index (χ2n) is 4.66. The van der Waals surface area contributed by atoms with Gasteiger partial charge in [0.15, 0.2) is 0 Å². The molecule has 4 heteroatoms. The molecule has 0 aliphatic carbocycles. The molecule has 0 saturated carbocycles. The van der Waals surface area contributed by atoms with E-state index in [0.29, 0.717) is 0 Å². The lowest BCUT2D eigenvalue weighted by Gasteiger charge is -2.24. The van der Waals surface area contributed by atoms with Crippen LogP contribution in [-0.4, -0.2) is 27.3 Å². The molecule has 1 N–H and O–H groups in total. The molecular formula is C14H20BrNO2. The molecule has 0 bridgehead atoms.